The molecule has 12 heavy (non-hydrogen) atoms. The molecule has 0 radical (unpaired) electrons. The Bertz CT molecular complexity index is 227. The van der Waals surface area contributed by atoms with E-state index in [4.69, 9.17) is 0 Å². The number of urea groups is 1. The minimum atomic E-state index is -0.206. The molecule has 1 rings (SSSR count). The fraction of sp³-hybridized carbons (Fsp3) is 0.333. The summed E-state index contributed by atoms with van der Waals surface area (Å²) < 4.78 is 0. The van der Waals surface area contributed by atoms with Crippen LogP contribution in [0.25, 0.3) is 0 Å². The summed E-state index contributed by atoms with van der Waals surface area (Å²) in [6.45, 7) is 2.48. The van der Waals surface area contributed by atoms with Crippen LogP contribution >= 0.6 is 23.7 Å². The van der Waals surface area contributed by atoms with Gasteiger partial charge in [0.25, 0.3) is 0 Å². The summed E-state index contributed by atoms with van der Waals surface area (Å²) in [5.74, 6) is 0. The van der Waals surface area contributed by atoms with Crippen molar-refractivity contribution in [3.05, 3.63) is 11.6 Å². The van der Waals surface area contributed by atoms with Gasteiger partial charge in [-0.25, -0.2) is 9.78 Å². The molecule has 0 aliphatic heterocycles. The van der Waals surface area contributed by atoms with Gasteiger partial charge in [-0.3, -0.25) is 5.32 Å². The third kappa shape index (κ3) is 3.54. The average Bonchev–Trinajstić information content (AvgIpc) is 2.40. The third-order valence-electron chi connectivity index (χ3n) is 0.990. The molecule has 0 bridgehead atoms. The van der Waals surface area contributed by atoms with Gasteiger partial charge < -0.3 is 5.32 Å². The first kappa shape index (κ1) is 11.2. The lowest BCUT2D eigenvalue weighted by atomic mass is 10.7. The zero-order chi connectivity index (χ0) is 8.10. The molecule has 0 aliphatic rings. The Morgan fingerprint density at radius 3 is 3.00 bits per heavy atom. The van der Waals surface area contributed by atoms with Crippen molar-refractivity contribution in [1.29, 1.82) is 0 Å². The van der Waals surface area contributed by atoms with Gasteiger partial charge in [0.15, 0.2) is 5.13 Å². The Morgan fingerprint density at radius 2 is 2.50 bits per heavy atom. The van der Waals surface area contributed by atoms with Gasteiger partial charge >= 0.3 is 6.03 Å². The quantitative estimate of drug-likeness (QED) is 0.776. The monoisotopic (exact) mass is 207 g/mol. The van der Waals surface area contributed by atoms with Crippen LogP contribution in [0, 0.1) is 0 Å². The number of amides is 2. The lowest BCUT2D eigenvalue weighted by Gasteiger charge is -2.00. The topological polar surface area (TPSA) is 54.0 Å². The van der Waals surface area contributed by atoms with Gasteiger partial charge in [0, 0.05) is 18.1 Å². The maximum atomic E-state index is 10.9. The Hall–Kier alpha value is -0.810. The van der Waals surface area contributed by atoms with Crippen molar-refractivity contribution in [2.24, 2.45) is 0 Å². The molecule has 6 heteroatoms. The number of thiazole rings is 1. The molecule has 1 aromatic rings. The third-order valence-corrected chi connectivity index (χ3v) is 1.68. The van der Waals surface area contributed by atoms with E-state index < -0.39 is 0 Å². The number of halogens is 1. The van der Waals surface area contributed by atoms with Crippen molar-refractivity contribution in [3.8, 4) is 0 Å². The van der Waals surface area contributed by atoms with Gasteiger partial charge in [0.1, 0.15) is 0 Å². The first-order valence-electron chi connectivity index (χ1n) is 3.27. The van der Waals surface area contributed by atoms with Crippen LogP contribution in [0.1, 0.15) is 6.92 Å². The van der Waals surface area contributed by atoms with E-state index >= 15 is 0 Å². The predicted octanol–water partition coefficient (Wildman–Crippen LogP) is 1.71. The van der Waals surface area contributed by atoms with Crippen molar-refractivity contribution in [2.45, 2.75) is 6.92 Å². The number of anilines is 1. The molecule has 0 aliphatic carbocycles. The molecule has 4 nitrogen and oxygen atoms in total. The van der Waals surface area contributed by atoms with Crippen LogP contribution in [0.5, 0.6) is 0 Å². The Morgan fingerprint density at radius 1 is 1.75 bits per heavy atom. The van der Waals surface area contributed by atoms with Gasteiger partial charge in [-0.1, -0.05) is 0 Å². The number of rotatable bonds is 2. The van der Waals surface area contributed by atoms with E-state index in [0.717, 1.165) is 0 Å². The fourth-order valence-electron chi connectivity index (χ4n) is 0.587. The smallest absolute Gasteiger partial charge is 0.321 e. The molecule has 0 saturated carbocycles. The van der Waals surface area contributed by atoms with Crippen molar-refractivity contribution in [3.63, 3.8) is 0 Å². The number of carbonyl (C=O) groups is 1. The molecule has 0 atom stereocenters. The summed E-state index contributed by atoms with van der Waals surface area (Å²) in [6, 6.07) is -0.206. The van der Waals surface area contributed by atoms with Gasteiger partial charge in [0.05, 0.1) is 0 Å². The zero-order valence-electron chi connectivity index (χ0n) is 6.53. The first-order valence-corrected chi connectivity index (χ1v) is 4.15. The van der Waals surface area contributed by atoms with Gasteiger partial charge in [-0.2, -0.15) is 0 Å². The maximum absolute atomic E-state index is 10.9. The minimum Gasteiger partial charge on any atom is -0.338 e. The molecular formula is C6H10ClN3OS. The van der Waals surface area contributed by atoms with E-state index in [9.17, 15) is 4.79 Å². The van der Waals surface area contributed by atoms with Gasteiger partial charge in [-0.05, 0) is 6.92 Å². The fourth-order valence-corrected chi connectivity index (χ4v) is 1.11. The molecule has 0 fully saturated rings. The molecular weight excluding hydrogens is 198 g/mol. The van der Waals surface area contributed by atoms with Crippen LogP contribution in [0.4, 0.5) is 9.93 Å². The predicted molar refractivity (Wildman–Crippen MR) is 52.1 cm³/mol. The normalized spacial score (nSPS) is 8.42. The number of carbonyl (C=O) groups excluding carboxylic acids is 1. The molecule has 0 saturated heterocycles. The molecule has 68 valence electrons. The summed E-state index contributed by atoms with van der Waals surface area (Å²) in [6.07, 6.45) is 1.65. The zero-order valence-corrected chi connectivity index (χ0v) is 8.17. The Balaban J connectivity index is 0.00000121. The summed E-state index contributed by atoms with van der Waals surface area (Å²) in [5, 5.41) is 7.61. The molecule has 2 amide bonds. The van der Waals surface area contributed by atoms with Crippen LogP contribution in [0.2, 0.25) is 0 Å². The molecule has 1 aromatic heterocycles. The highest BCUT2D eigenvalue weighted by Crippen LogP contribution is 2.09. The highest BCUT2D eigenvalue weighted by atomic mass is 35.5. The van der Waals surface area contributed by atoms with Crippen LogP contribution in [-0.4, -0.2) is 17.6 Å². The maximum Gasteiger partial charge on any atom is 0.321 e. The van der Waals surface area contributed by atoms with Gasteiger partial charge in [0.2, 0.25) is 0 Å². The second-order valence-corrected chi connectivity index (χ2v) is 2.72. The SMILES string of the molecule is CCNC(=O)Nc1nccs1.Cl. The molecule has 2 N–H and O–H groups in total. The molecule has 0 unspecified atom stereocenters. The minimum absolute atomic E-state index is 0. The summed E-state index contributed by atoms with van der Waals surface area (Å²) in [5.41, 5.74) is 0. The number of aromatic nitrogens is 1. The van der Waals surface area contributed by atoms with Crippen LogP contribution < -0.4 is 10.6 Å². The summed E-state index contributed by atoms with van der Waals surface area (Å²) in [4.78, 5) is 14.7. The van der Waals surface area contributed by atoms with Crippen LogP contribution in [-0.2, 0) is 0 Å². The van der Waals surface area contributed by atoms with Crippen LogP contribution in [0.3, 0.4) is 0 Å². The van der Waals surface area contributed by atoms with E-state index in [0.29, 0.717) is 11.7 Å². The average molecular weight is 208 g/mol. The molecule has 0 spiro atoms. The molecule has 1 heterocycles. The number of hydrogen-bond donors (Lipinski definition) is 2. The van der Waals surface area contributed by atoms with Crippen molar-refractivity contribution in [2.75, 3.05) is 11.9 Å². The highest BCUT2D eigenvalue weighted by molar-refractivity contribution is 7.13. The Labute approximate surface area is 80.8 Å². The van der Waals surface area contributed by atoms with E-state index in [1.165, 1.54) is 11.3 Å². The second kappa shape index (κ2) is 5.79. The standard InChI is InChI=1S/C6H9N3OS.ClH/c1-2-7-5(10)9-6-8-3-4-11-6;/h3-4H,2H2,1H3,(H2,7,8,9,10);1H. The van der Waals surface area contributed by atoms with E-state index in [1.54, 1.807) is 6.20 Å². The van der Waals surface area contributed by atoms with Crippen molar-refractivity contribution < 1.29 is 4.79 Å². The molecule has 0 aromatic carbocycles. The second-order valence-electron chi connectivity index (χ2n) is 1.82. The number of nitrogens with one attached hydrogen (secondary N) is 2. The Kier molecular flexibility index (Phi) is 5.40. The van der Waals surface area contributed by atoms with Crippen molar-refractivity contribution >= 4 is 34.9 Å². The first-order chi connectivity index (χ1) is 5.33. The summed E-state index contributed by atoms with van der Waals surface area (Å²) in [7, 11) is 0. The van der Waals surface area contributed by atoms with E-state index in [-0.39, 0.29) is 18.4 Å². The lowest BCUT2D eigenvalue weighted by Crippen LogP contribution is -2.28. The highest BCUT2D eigenvalue weighted by Gasteiger charge is 1.99. The number of hydrogen-bond acceptors (Lipinski definition) is 3. The van der Waals surface area contributed by atoms with Gasteiger partial charge in [-0.15, -0.1) is 23.7 Å². The van der Waals surface area contributed by atoms with Crippen LogP contribution in [0.15, 0.2) is 11.6 Å². The van der Waals surface area contributed by atoms with E-state index in [1.807, 2.05) is 12.3 Å². The van der Waals surface area contributed by atoms with Crippen molar-refractivity contribution in [1.82, 2.24) is 10.3 Å². The summed E-state index contributed by atoms with van der Waals surface area (Å²) >= 11 is 1.39. The largest absolute Gasteiger partial charge is 0.338 e. The lowest BCUT2D eigenvalue weighted by molar-refractivity contribution is 0.252. The van der Waals surface area contributed by atoms with E-state index in [2.05, 4.69) is 15.6 Å². The number of nitrogens with zero attached hydrogens (tertiary/aromatic N) is 1.